The molecule has 0 aliphatic heterocycles. The summed E-state index contributed by atoms with van der Waals surface area (Å²) in [6, 6.07) is -2.35. The van der Waals surface area contributed by atoms with Gasteiger partial charge in [0.05, 0.1) is 18.0 Å². The lowest BCUT2D eigenvalue weighted by molar-refractivity contribution is -0.120. The van der Waals surface area contributed by atoms with Crippen LogP contribution in [-0.4, -0.2) is 36.1 Å². The first-order valence-electron chi connectivity index (χ1n) is 10.9. The van der Waals surface area contributed by atoms with E-state index in [0.717, 1.165) is 24.3 Å². The molecule has 0 aromatic rings. The number of amides is 1. The molecule has 0 aromatic carbocycles. The molecular formula is C24H24F7N3O. The number of nitrogens with two attached hydrogens (primary N) is 1. The Morgan fingerprint density at radius 1 is 1.17 bits per heavy atom. The van der Waals surface area contributed by atoms with Gasteiger partial charge in [0.2, 0.25) is 5.91 Å². The third-order valence-corrected chi connectivity index (χ3v) is 6.05. The predicted octanol–water partition coefficient (Wildman–Crippen LogP) is 5.67. The van der Waals surface area contributed by atoms with Gasteiger partial charge in [-0.25, -0.2) is 17.6 Å². The molecule has 4 atom stereocenters. The molecule has 0 heterocycles. The van der Waals surface area contributed by atoms with Crippen molar-refractivity contribution in [2.24, 2.45) is 11.7 Å². The van der Waals surface area contributed by atoms with E-state index in [1.807, 2.05) is 0 Å². The van der Waals surface area contributed by atoms with Crippen molar-refractivity contribution in [2.75, 3.05) is 0 Å². The van der Waals surface area contributed by atoms with Crippen molar-refractivity contribution in [3.8, 4) is 0 Å². The van der Waals surface area contributed by atoms with Gasteiger partial charge in [0.25, 0.3) is 0 Å². The summed E-state index contributed by atoms with van der Waals surface area (Å²) in [5.74, 6) is -4.06. The van der Waals surface area contributed by atoms with Gasteiger partial charge in [0.1, 0.15) is 23.7 Å². The van der Waals surface area contributed by atoms with Gasteiger partial charge in [0, 0.05) is 41.8 Å². The van der Waals surface area contributed by atoms with E-state index in [2.05, 4.69) is 5.32 Å². The fourth-order valence-electron chi connectivity index (χ4n) is 4.14. The van der Waals surface area contributed by atoms with Crippen LogP contribution in [0.25, 0.3) is 0 Å². The molecule has 0 saturated carbocycles. The Labute approximate surface area is 197 Å². The summed E-state index contributed by atoms with van der Waals surface area (Å²) in [5.41, 5.74) is 4.74. The van der Waals surface area contributed by atoms with Crippen LogP contribution >= 0.6 is 0 Å². The second-order valence-corrected chi connectivity index (χ2v) is 8.55. The zero-order valence-electron chi connectivity index (χ0n) is 18.4. The van der Waals surface area contributed by atoms with Crippen molar-refractivity contribution in [2.45, 2.75) is 56.5 Å². The molecule has 4 unspecified atom stereocenters. The average molecular weight is 503 g/mol. The normalized spacial score (nSPS) is 24.7. The Morgan fingerprint density at radius 3 is 2.46 bits per heavy atom. The highest BCUT2D eigenvalue weighted by Crippen LogP contribution is 2.34. The van der Waals surface area contributed by atoms with Crippen molar-refractivity contribution in [1.29, 1.82) is 5.41 Å². The second-order valence-electron chi connectivity index (χ2n) is 8.55. The van der Waals surface area contributed by atoms with E-state index in [1.165, 1.54) is 6.08 Å². The van der Waals surface area contributed by atoms with Crippen molar-refractivity contribution < 1.29 is 35.5 Å². The van der Waals surface area contributed by atoms with E-state index in [4.69, 9.17) is 11.1 Å². The van der Waals surface area contributed by atoms with Crippen LogP contribution in [0.5, 0.6) is 0 Å². The van der Waals surface area contributed by atoms with Crippen LogP contribution in [0.4, 0.5) is 30.7 Å². The molecule has 1 amide bonds. The van der Waals surface area contributed by atoms with E-state index in [9.17, 15) is 35.5 Å². The largest absolute Gasteiger partial charge is 0.416 e. The quantitative estimate of drug-likeness (QED) is 0.309. The highest BCUT2D eigenvalue weighted by atomic mass is 19.4. The average Bonchev–Trinajstić information content (AvgIpc) is 2.77. The summed E-state index contributed by atoms with van der Waals surface area (Å²) >= 11 is 0. The topological polar surface area (TPSA) is 79.0 Å². The number of carbonyl (C=O) groups is 1. The maximum absolute atomic E-state index is 14.6. The third kappa shape index (κ3) is 6.59. The number of hydrogen-bond acceptors (Lipinski definition) is 3. The van der Waals surface area contributed by atoms with Crippen LogP contribution in [0.2, 0.25) is 0 Å². The molecule has 190 valence electrons. The Morgan fingerprint density at radius 2 is 1.89 bits per heavy atom. The molecule has 3 aliphatic rings. The zero-order valence-corrected chi connectivity index (χ0v) is 18.4. The van der Waals surface area contributed by atoms with E-state index >= 15 is 0 Å². The lowest BCUT2D eigenvalue weighted by atomic mass is 9.82. The molecule has 0 bridgehead atoms. The first kappa shape index (κ1) is 26.7. The molecule has 4 nitrogen and oxygen atoms in total. The van der Waals surface area contributed by atoms with Gasteiger partial charge in [-0.1, -0.05) is 24.3 Å². The number of carbonyl (C=O) groups excluding carboxylic acids is 1. The molecule has 0 saturated heterocycles. The maximum atomic E-state index is 14.6. The first-order chi connectivity index (χ1) is 16.4. The molecule has 0 spiro atoms. The monoisotopic (exact) mass is 503 g/mol. The van der Waals surface area contributed by atoms with Crippen molar-refractivity contribution in [1.82, 2.24) is 5.32 Å². The van der Waals surface area contributed by atoms with Crippen LogP contribution in [0.3, 0.4) is 0 Å². The third-order valence-electron chi connectivity index (χ3n) is 6.05. The minimum atomic E-state index is -4.54. The van der Waals surface area contributed by atoms with Crippen LogP contribution in [0, 0.1) is 11.3 Å². The summed E-state index contributed by atoms with van der Waals surface area (Å²) in [7, 11) is 0. The van der Waals surface area contributed by atoms with Gasteiger partial charge >= 0.3 is 6.18 Å². The SMILES string of the molecule is N=C(CC(=O)NC(C1=C(F)CC(F)C=C1)C(N)C1C=CC(C(F)(F)F)=CC1)C1=C(F)C=C(F)CC1. The maximum Gasteiger partial charge on any atom is 0.416 e. The summed E-state index contributed by atoms with van der Waals surface area (Å²) in [6.07, 6.45) is -1.82. The lowest BCUT2D eigenvalue weighted by Gasteiger charge is -2.33. The molecule has 35 heavy (non-hydrogen) atoms. The molecule has 4 N–H and O–H groups in total. The molecule has 3 aliphatic carbocycles. The number of alkyl halides is 4. The predicted molar refractivity (Wildman–Crippen MR) is 117 cm³/mol. The number of halogens is 7. The standard InChI is InChI=1S/C24H24F7N3O/c25-14-5-7-16(18(27)9-14)20(32)11-21(35)34-23(17-8-6-15(26)10-19(17)28)22(33)12-1-3-13(4-2-12)24(29,30)31/h1,3-4,6,8-9,12,15,22-23,32H,2,5,7,10-11,33H2,(H,34,35). The van der Waals surface area contributed by atoms with Gasteiger partial charge in [0.15, 0.2) is 0 Å². The van der Waals surface area contributed by atoms with Crippen molar-refractivity contribution in [3.05, 3.63) is 70.7 Å². The van der Waals surface area contributed by atoms with E-state index in [1.54, 1.807) is 0 Å². The minimum Gasteiger partial charge on any atom is -0.347 e. The smallest absolute Gasteiger partial charge is 0.347 e. The van der Waals surface area contributed by atoms with E-state index in [0.29, 0.717) is 6.08 Å². The van der Waals surface area contributed by atoms with Crippen molar-refractivity contribution in [3.63, 3.8) is 0 Å². The summed E-state index contributed by atoms with van der Waals surface area (Å²) in [6.45, 7) is 0. The Balaban J connectivity index is 1.79. The molecule has 3 rings (SSSR count). The molecule has 0 radical (unpaired) electrons. The highest BCUT2D eigenvalue weighted by molar-refractivity contribution is 6.09. The Hall–Kier alpha value is -2.95. The lowest BCUT2D eigenvalue weighted by Crippen LogP contribution is -2.52. The van der Waals surface area contributed by atoms with Gasteiger partial charge in [-0.2, -0.15) is 13.2 Å². The highest BCUT2D eigenvalue weighted by Gasteiger charge is 2.36. The van der Waals surface area contributed by atoms with Crippen LogP contribution in [0.15, 0.2) is 70.7 Å². The zero-order chi connectivity index (χ0) is 25.9. The van der Waals surface area contributed by atoms with Crippen LogP contribution in [0.1, 0.15) is 32.1 Å². The number of allylic oxidation sites excluding steroid dienone is 9. The van der Waals surface area contributed by atoms with Gasteiger partial charge in [-0.15, -0.1) is 0 Å². The number of rotatable bonds is 7. The molecular weight excluding hydrogens is 479 g/mol. The summed E-state index contributed by atoms with van der Waals surface area (Å²) < 4.78 is 94.2. The first-order valence-corrected chi connectivity index (χ1v) is 10.9. The Kier molecular flexibility index (Phi) is 8.19. The van der Waals surface area contributed by atoms with E-state index < -0.39 is 77.9 Å². The molecule has 0 fully saturated rings. The summed E-state index contributed by atoms with van der Waals surface area (Å²) in [5, 5.41) is 10.5. The fourth-order valence-corrected chi connectivity index (χ4v) is 4.14. The van der Waals surface area contributed by atoms with Gasteiger partial charge < -0.3 is 16.5 Å². The van der Waals surface area contributed by atoms with Gasteiger partial charge in [-0.05, 0) is 24.8 Å². The Bertz CT molecular complexity index is 1070. The number of hydrogen-bond donors (Lipinski definition) is 3. The van der Waals surface area contributed by atoms with E-state index in [-0.39, 0.29) is 30.4 Å². The van der Waals surface area contributed by atoms with Crippen molar-refractivity contribution >= 4 is 11.6 Å². The summed E-state index contributed by atoms with van der Waals surface area (Å²) in [4.78, 5) is 12.7. The molecule has 0 aromatic heterocycles. The van der Waals surface area contributed by atoms with Crippen LogP contribution < -0.4 is 11.1 Å². The fraction of sp³-hybridized carbons (Fsp3) is 0.417. The number of nitrogens with one attached hydrogen (secondary N) is 2. The minimum absolute atomic E-state index is 0.107. The van der Waals surface area contributed by atoms with Crippen LogP contribution in [-0.2, 0) is 4.79 Å². The molecule has 11 heteroatoms. The second kappa shape index (κ2) is 10.8. The van der Waals surface area contributed by atoms with Gasteiger partial charge in [-0.3, -0.25) is 4.79 Å².